The van der Waals surface area contributed by atoms with Crippen LogP contribution in [0.15, 0.2) is 12.4 Å². The van der Waals surface area contributed by atoms with Crippen LogP contribution in [0.2, 0.25) is 0 Å². The molecule has 1 fully saturated rings. The van der Waals surface area contributed by atoms with E-state index in [9.17, 15) is 14.7 Å². The lowest BCUT2D eigenvalue weighted by atomic mass is 10.2. The van der Waals surface area contributed by atoms with Gasteiger partial charge in [-0.1, -0.05) is 5.21 Å². The predicted octanol–water partition coefficient (Wildman–Crippen LogP) is -1.29. The second kappa shape index (κ2) is 5.13. The van der Waals surface area contributed by atoms with Gasteiger partial charge in [0.1, 0.15) is 6.04 Å². The van der Waals surface area contributed by atoms with Gasteiger partial charge >= 0.3 is 5.97 Å². The number of hydrogen-bond acceptors (Lipinski definition) is 5. The highest BCUT2D eigenvalue weighted by atomic mass is 16.4. The Morgan fingerprint density at radius 1 is 1.44 bits per heavy atom. The summed E-state index contributed by atoms with van der Waals surface area (Å²) in [6, 6.07) is -0.928. The smallest absolute Gasteiger partial charge is 0.326 e. The van der Waals surface area contributed by atoms with Gasteiger partial charge < -0.3 is 15.1 Å². The van der Waals surface area contributed by atoms with Crippen molar-refractivity contribution in [3.05, 3.63) is 12.4 Å². The minimum atomic E-state index is -1.08. The number of likely N-dealkylation sites (tertiary alicyclic amines) is 1. The van der Waals surface area contributed by atoms with Gasteiger partial charge in [0, 0.05) is 25.6 Å². The molecule has 2 heterocycles. The molecule has 0 spiro atoms. The van der Waals surface area contributed by atoms with E-state index in [2.05, 4.69) is 10.3 Å². The zero-order valence-electron chi connectivity index (χ0n) is 9.64. The minimum Gasteiger partial charge on any atom is -0.480 e. The number of rotatable bonds is 4. The summed E-state index contributed by atoms with van der Waals surface area (Å²) in [5.74, 6) is -1.38. The molecule has 1 aliphatic rings. The molecule has 0 bridgehead atoms. The number of aryl methyl sites for hydroxylation is 1. The molecule has 2 N–H and O–H groups in total. The van der Waals surface area contributed by atoms with Crippen molar-refractivity contribution in [1.29, 1.82) is 0 Å². The van der Waals surface area contributed by atoms with E-state index in [1.54, 1.807) is 6.20 Å². The maximum absolute atomic E-state index is 11.9. The topological polar surface area (TPSA) is 109 Å². The third-order valence-electron chi connectivity index (χ3n) is 2.91. The van der Waals surface area contributed by atoms with Crippen molar-refractivity contribution >= 4 is 11.9 Å². The lowest BCUT2D eigenvalue weighted by Crippen LogP contribution is -2.40. The first kappa shape index (κ1) is 12.5. The number of aliphatic carboxylic acids is 1. The number of carbonyl (C=O) groups excluding carboxylic acids is 1. The van der Waals surface area contributed by atoms with E-state index in [0.717, 1.165) is 0 Å². The monoisotopic (exact) mass is 254 g/mol. The summed E-state index contributed by atoms with van der Waals surface area (Å²) < 4.78 is 1.50. The summed E-state index contributed by atoms with van der Waals surface area (Å²) in [5.41, 5.74) is 0. The van der Waals surface area contributed by atoms with Gasteiger partial charge in [0.2, 0.25) is 5.91 Å². The molecule has 1 aromatic rings. The molecule has 0 radical (unpaired) electrons. The highest BCUT2D eigenvalue weighted by molar-refractivity contribution is 5.84. The summed E-state index contributed by atoms with van der Waals surface area (Å²) in [6.07, 6.45) is 2.59. The van der Waals surface area contributed by atoms with Crippen LogP contribution in [0.25, 0.3) is 0 Å². The minimum absolute atomic E-state index is 0.0765. The fourth-order valence-electron chi connectivity index (χ4n) is 2.03. The molecule has 2 rings (SSSR count). The molecule has 1 saturated heterocycles. The van der Waals surface area contributed by atoms with Crippen molar-refractivity contribution in [2.24, 2.45) is 0 Å². The zero-order chi connectivity index (χ0) is 13.1. The molecule has 2 atom stereocenters. The number of aromatic nitrogens is 3. The Morgan fingerprint density at radius 2 is 2.22 bits per heavy atom. The van der Waals surface area contributed by atoms with Crippen LogP contribution >= 0.6 is 0 Å². The standard InChI is InChI=1S/C10H14N4O4/c15-7-5-8(10(17)18)14(6-7)9(16)1-3-13-4-2-11-12-13/h2,4,7-8,15H,1,3,5-6H2,(H,17,18)/t7-,8-/m1/s1. The fourth-order valence-corrected chi connectivity index (χ4v) is 2.03. The number of β-amino-alcohol motifs (C(OH)–C–C–N with tert-alkyl or cyclic N) is 1. The lowest BCUT2D eigenvalue weighted by Gasteiger charge is -2.20. The van der Waals surface area contributed by atoms with Crippen LogP contribution in [-0.4, -0.2) is 60.7 Å². The van der Waals surface area contributed by atoms with E-state index in [4.69, 9.17) is 5.11 Å². The number of carboxylic acid groups (broad SMARTS) is 1. The van der Waals surface area contributed by atoms with E-state index in [1.165, 1.54) is 15.8 Å². The van der Waals surface area contributed by atoms with Crippen molar-refractivity contribution in [3.8, 4) is 0 Å². The molecule has 0 aromatic carbocycles. The average molecular weight is 254 g/mol. The van der Waals surface area contributed by atoms with Crippen LogP contribution in [0.3, 0.4) is 0 Å². The van der Waals surface area contributed by atoms with Crippen molar-refractivity contribution in [1.82, 2.24) is 19.9 Å². The second-order valence-corrected chi connectivity index (χ2v) is 4.21. The first-order chi connectivity index (χ1) is 8.58. The molecule has 0 unspecified atom stereocenters. The van der Waals surface area contributed by atoms with Crippen LogP contribution in [-0.2, 0) is 16.1 Å². The van der Waals surface area contributed by atoms with E-state index >= 15 is 0 Å². The SMILES string of the molecule is O=C(O)[C@H]1C[C@@H](O)CN1C(=O)CCn1ccnn1. The summed E-state index contributed by atoms with van der Waals surface area (Å²) >= 11 is 0. The third-order valence-corrected chi connectivity index (χ3v) is 2.91. The Balaban J connectivity index is 1.93. The quantitative estimate of drug-likeness (QED) is 0.692. The lowest BCUT2D eigenvalue weighted by molar-refractivity contribution is -0.148. The summed E-state index contributed by atoms with van der Waals surface area (Å²) in [5, 5.41) is 25.7. The first-order valence-corrected chi connectivity index (χ1v) is 5.62. The highest BCUT2D eigenvalue weighted by Crippen LogP contribution is 2.19. The molecule has 8 nitrogen and oxygen atoms in total. The largest absolute Gasteiger partial charge is 0.480 e. The Kier molecular flexibility index (Phi) is 3.56. The normalized spacial score (nSPS) is 23.3. The Morgan fingerprint density at radius 3 is 2.83 bits per heavy atom. The molecule has 1 aliphatic heterocycles. The van der Waals surface area contributed by atoms with E-state index in [0.29, 0.717) is 6.54 Å². The molecule has 1 amide bonds. The molecule has 0 aliphatic carbocycles. The number of aliphatic hydroxyl groups excluding tert-OH is 1. The van der Waals surface area contributed by atoms with Crippen LogP contribution in [0, 0.1) is 0 Å². The van der Waals surface area contributed by atoms with Crippen molar-refractivity contribution < 1.29 is 19.8 Å². The van der Waals surface area contributed by atoms with Crippen molar-refractivity contribution in [2.75, 3.05) is 6.54 Å². The summed E-state index contributed by atoms with van der Waals surface area (Å²) in [7, 11) is 0. The number of carbonyl (C=O) groups is 2. The highest BCUT2D eigenvalue weighted by Gasteiger charge is 2.38. The molecular formula is C10H14N4O4. The van der Waals surface area contributed by atoms with Gasteiger partial charge in [-0.15, -0.1) is 5.10 Å². The number of carboxylic acids is 1. The maximum atomic E-state index is 11.9. The number of aliphatic hydroxyl groups is 1. The summed E-state index contributed by atoms with van der Waals surface area (Å²) in [6.45, 7) is 0.422. The molecule has 18 heavy (non-hydrogen) atoms. The Labute approximate surface area is 103 Å². The van der Waals surface area contributed by atoms with Gasteiger partial charge in [-0.3, -0.25) is 9.48 Å². The van der Waals surface area contributed by atoms with Gasteiger partial charge in [-0.2, -0.15) is 0 Å². The molecule has 8 heteroatoms. The van der Waals surface area contributed by atoms with Crippen LogP contribution < -0.4 is 0 Å². The Bertz CT molecular complexity index is 433. The van der Waals surface area contributed by atoms with Gasteiger partial charge in [0.15, 0.2) is 0 Å². The van der Waals surface area contributed by atoms with Gasteiger partial charge in [0.25, 0.3) is 0 Å². The average Bonchev–Trinajstić information content (AvgIpc) is 2.94. The van der Waals surface area contributed by atoms with Crippen molar-refractivity contribution in [3.63, 3.8) is 0 Å². The number of nitrogens with zero attached hydrogens (tertiary/aromatic N) is 4. The van der Waals surface area contributed by atoms with Gasteiger partial charge in [0.05, 0.1) is 18.8 Å². The first-order valence-electron chi connectivity index (χ1n) is 5.62. The number of hydrogen-bond donors (Lipinski definition) is 2. The zero-order valence-corrected chi connectivity index (χ0v) is 9.64. The van der Waals surface area contributed by atoms with Gasteiger partial charge in [-0.25, -0.2) is 4.79 Å². The van der Waals surface area contributed by atoms with E-state index < -0.39 is 18.1 Å². The van der Waals surface area contributed by atoms with Crippen molar-refractivity contribution in [2.45, 2.75) is 31.5 Å². The molecule has 98 valence electrons. The van der Waals surface area contributed by atoms with Crippen LogP contribution in [0.5, 0.6) is 0 Å². The third kappa shape index (κ3) is 2.65. The summed E-state index contributed by atoms with van der Waals surface area (Å²) in [4.78, 5) is 24.1. The number of amides is 1. The maximum Gasteiger partial charge on any atom is 0.326 e. The molecule has 1 aromatic heterocycles. The molecule has 0 saturated carbocycles. The van der Waals surface area contributed by atoms with E-state index in [-0.39, 0.29) is 25.3 Å². The van der Waals surface area contributed by atoms with Gasteiger partial charge in [-0.05, 0) is 0 Å². The van der Waals surface area contributed by atoms with E-state index in [1.807, 2.05) is 0 Å². The van der Waals surface area contributed by atoms with Crippen LogP contribution in [0.4, 0.5) is 0 Å². The predicted molar refractivity (Wildman–Crippen MR) is 58.4 cm³/mol. The second-order valence-electron chi connectivity index (χ2n) is 4.21. The Hall–Kier alpha value is -1.96. The fraction of sp³-hybridized carbons (Fsp3) is 0.600. The molecular weight excluding hydrogens is 240 g/mol. The van der Waals surface area contributed by atoms with Crippen LogP contribution in [0.1, 0.15) is 12.8 Å².